The van der Waals surface area contributed by atoms with Crippen LogP contribution >= 0.6 is 23.2 Å². The van der Waals surface area contributed by atoms with Gasteiger partial charge in [-0.3, -0.25) is 4.55 Å². The summed E-state index contributed by atoms with van der Waals surface area (Å²) in [6, 6.07) is 0. The van der Waals surface area contributed by atoms with Gasteiger partial charge in [0.15, 0.2) is 5.15 Å². The van der Waals surface area contributed by atoms with E-state index in [-0.39, 0.29) is 5.28 Å². The van der Waals surface area contributed by atoms with Crippen LogP contribution in [0.4, 0.5) is 0 Å². The number of hydrogen-bond donors (Lipinski definition) is 1. The number of hydrogen-bond acceptors (Lipinski definition) is 4. The maximum atomic E-state index is 10.5. The lowest BCUT2D eigenvalue weighted by atomic mass is 10.7. The van der Waals surface area contributed by atoms with E-state index in [0.717, 1.165) is 6.20 Å². The fourth-order valence-corrected chi connectivity index (χ4v) is 1.55. The molecule has 0 spiro atoms. The second kappa shape index (κ2) is 3.14. The van der Waals surface area contributed by atoms with Crippen molar-refractivity contribution in [2.75, 3.05) is 0 Å². The SMILES string of the molecule is O=S(=O)(O)c1cnc(Cl)nc1Cl. The first-order valence-electron chi connectivity index (χ1n) is 2.57. The van der Waals surface area contributed by atoms with E-state index in [2.05, 4.69) is 9.97 Å². The number of aromatic nitrogens is 2. The van der Waals surface area contributed by atoms with Crippen molar-refractivity contribution in [1.82, 2.24) is 9.97 Å². The van der Waals surface area contributed by atoms with E-state index < -0.39 is 20.2 Å². The first kappa shape index (κ1) is 9.66. The van der Waals surface area contributed by atoms with E-state index in [0.29, 0.717) is 0 Å². The fourth-order valence-electron chi connectivity index (χ4n) is 0.503. The quantitative estimate of drug-likeness (QED) is 0.442. The van der Waals surface area contributed by atoms with Crippen molar-refractivity contribution in [3.8, 4) is 0 Å². The summed E-state index contributed by atoms with van der Waals surface area (Å²) < 4.78 is 29.6. The Hall–Kier alpha value is -0.430. The number of rotatable bonds is 1. The predicted octanol–water partition coefficient (Wildman–Crippen LogP) is 1.03. The molecule has 0 aliphatic carbocycles. The summed E-state index contributed by atoms with van der Waals surface area (Å²) in [6.45, 7) is 0. The minimum Gasteiger partial charge on any atom is -0.282 e. The molecule has 1 aromatic heterocycles. The lowest BCUT2D eigenvalue weighted by Gasteiger charge is -1.97. The molecule has 5 nitrogen and oxygen atoms in total. The average Bonchev–Trinajstić information content (AvgIpc) is 1.83. The summed E-state index contributed by atoms with van der Waals surface area (Å²) in [6.07, 6.45) is 0.826. The molecule has 0 saturated carbocycles. The molecular weight excluding hydrogens is 227 g/mol. The minimum absolute atomic E-state index is 0.188. The van der Waals surface area contributed by atoms with E-state index in [1.54, 1.807) is 0 Å². The normalized spacial score (nSPS) is 11.6. The van der Waals surface area contributed by atoms with Gasteiger partial charge in [0.05, 0.1) is 6.20 Å². The van der Waals surface area contributed by atoms with Gasteiger partial charge in [0, 0.05) is 0 Å². The molecule has 0 aromatic carbocycles. The second-order valence-electron chi connectivity index (χ2n) is 1.77. The summed E-state index contributed by atoms with van der Waals surface area (Å²) in [5.74, 6) is 0. The van der Waals surface area contributed by atoms with Crippen molar-refractivity contribution >= 4 is 33.3 Å². The average molecular weight is 229 g/mol. The maximum Gasteiger partial charge on any atom is 0.299 e. The first-order valence-corrected chi connectivity index (χ1v) is 4.76. The lowest BCUT2D eigenvalue weighted by Crippen LogP contribution is -2.01. The van der Waals surface area contributed by atoms with Gasteiger partial charge in [-0.25, -0.2) is 9.97 Å². The molecule has 0 saturated heterocycles. The van der Waals surface area contributed by atoms with Crippen molar-refractivity contribution in [1.29, 1.82) is 0 Å². The first-order chi connectivity index (χ1) is 5.41. The molecule has 0 amide bonds. The van der Waals surface area contributed by atoms with Gasteiger partial charge in [-0.1, -0.05) is 11.6 Å². The van der Waals surface area contributed by atoms with Gasteiger partial charge >= 0.3 is 0 Å². The van der Waals surface area contributed by atoms with E-state index in [1.807, 2.05) is 0 Å². The molecule has 0 unspecified atom stereocenters. The summed E-state index contributed by atoms with van der Waals surface area (Å²) in [5, 5.41) is -0.593. The standard InChI is InChI=1S/C4H2Cl2N2O3S/c5-3-2(12(9,10)11)1-7-4(6)8-3/h1H,(H,9,10,11). The van der Waals surface area contributed by atoms with Crippen molar-refractivity contribution in [3.63, 3.8) is 0 Å². The zero-order valence-corrected chi connectivity index (χ0v) is 7.73. The van der Waals surface area contributed by atoms with Crippen LogP contribution in [0.15, 0.2) is 11.1 Å². The Labute approximate surface area is 78.1 Å². The highest BCUT2D eigenvalue weighted by molar-refractivity contribution is 7.86. The van der Waals surface area contributed by atoms with Crippen LogP contribution in [0, 0.1) is 0 Å². The molecule has 1 rings (SSSR count). The fraction of sp³-hybridized carbons (Fsp3) is 0. The Balaban J connectivity index is 3.39. The van der Waals surface area contributed by atoms with Crippen LogP contribution in [0.2, 0.25) is 10.4 Å². The number of nitrogens with zero attached hydrogens (tertiary/aromatic N) is 2. The topological polar surface area (TPSA) is 80.2 Å². The molecule has 0 fully saturated rings. The maximum absolute atomic E-state index is 10.5. The van der Waals surface area contributed by atoms with Crippen LogP contribution in [-0.4, -0.2) is 22.9 Å². The summed E-state index contributed by atoms with van der Waals surface area (Å²) in [7, 11) is -4.37. The summed E-state index contributed by atoms with van der Waals surface area (Å²) in [5.41, 5.74) is 0. The van der Waals surface area contributed by atoms with Crippen molar-refractivity contribution in [3.05, 3.63) is 16.6 Å². The molecule has 1 N–H and O–H groups in total. The van der Waals surface area contributed by atoms with Crippen LogP contribution in [0.3, 0.4) is 0 Å². The molecule has 0 aliphatic heterocycles. The van der Waals surface area contributed by atoms with E-state index >= 15 is 0 Å². The smallest absolute Gasteiger partial charge is 0.282 e. The molecule has 12 heavy (non-hydrogen) atoms. The molecule has 0 bridgehead atoms. The third-order valence-corrected chi connectivity index (χ3v) is 2.40. The van der Waals surface area contributed by atoms with Gasteiger partial charge in [-0.2, -0.15) is 8.42 Å². The second-order valence-corrected chi connectivity index (χ2v) is 3.86. The zero-order valence-electron chi connectivity index (χ0n) is 5.40. The number of halogens is 2. The van der Waals surface area contributed by atoms with Gasteiger partial charge in [-0.15, -0.1) is 0 Å². The Bertz CT molecular complexity index is 405. The molecule has 1 heterocycles. The van der Waals surface area contributed by atoms with E-state index in [4.69, 9.17) is 27.8 Å². The van der Waals surface area contributed by atoms with Crippen LogP contribution < -0.4 is 0 Å². The highest BCUT2D eigenvalue weighted by Crippen LogP contribution is 2.18. The third kappa shape index (κ3) is 2.04. The minimum atomic E-state index is -4.37. The van der Waals surface area contributed by atoms with E-state index in [9.17, 15) is 8.42 Å². The van der Waals surface area contributed by atoms with Crippen LogP contribution in [-0.2, 0) is 10.1 Å². The zero-order chi connectivity index (χ0) is 9.35. The molecule has 8 heteroatoms. The Morgan fingerprint density at radius 1 is 1.42 bits per heavy atom. The Kier molecular flexibility index (Phi) is 2.52. The monoisotopic (exact) mass is 228 g/mol. The summed E-state index contributed by atoms with van der Waals surface area (Å²) in [4.78, 5) is 6.10. The van der Waals surface area contributed by atoms with Gasteiger partial charge in [0.1, 0.15) is 4.90 Å². The molecule has 0 atom stereocenters. The van der Waals surface area contributed by atoms with Gasteiger partial charge in [-0.05, 0) is 11.6 Å². The van der Waals surface area contributed by atoms with Crippen LogP contribution in [0.25, 0.3) is 0 Å². The van der Waals surface area contributed by atoms with Crippen molar-refractivity contribution < 1.29 is 13.0 Å². The highest BCUT2D eigenvalue weighted by atomic mass is 35.5. The van der Waals surface area contributed by atoms with Gasteiger partial charge in [0.2, 0.25) is 5.28 Å². The largest absolute Gasteiger partial charge is 0.299 e. The Morgan fingerprint density at radius 3 is 2.42 bits per heavy atom. The van der Waals surface area contributed by atoms with E-state index in [1.165, 1.54) is 0 Å². The molecule has 0 radical (unpaired) electrons. The van der Waals surface area contributed by atoms with Gasteiger partial charge in [0.25, 0.3) is 10.1 Å². The lowest BCUT2D eigenvalue weighted by molar-refractivity contribution is 0.482. The summed E-state index contributed by atoms with van der Waals surface area (Å²) >= 11 is 10.6. The third-order valence-electron chi connectivity index (χ3n) is 0.960. The predicted molar refractivity (Wildman–Crippen MR) is 41.9 cm³/mol. The van der Waals surface area contributed by atoms with Crippen molar-refractivity contribution in [2.24, 2.45) is 0 Å². The van der Waals surface area contributed by atoms with Crippen LogP contribution in [0.5, 0.6) is 0 Å². The molecule has 66 valence electrons. The molecule has 0 aliphatic rings. The van der Waals surface area contributed by atoms with Crippen LogP contribution in [0.1, 0.15) is 0 Å². The molecule has 1 aromatic rings. The molecular formula is C4H2Cl2N2O3S. The van der Waals surface area contributed by atoms with Crippen molar-refractivity contribution in [2.45, 2.75) is 4.90 Å². The highest BCUT2D eigenvalue weighted by Gasteiger charge is 2.16. The van der Waals surface area contributed by atoms with Gasteiger partial charge < -0.3 is 0 Å². The Morgan fingerprint density at radius 2 is 2.00 bits per heavy atom.